The number of hydrogen-bond donors (Lipinski definition) is 3. The standard InChI is InChI=1S/C16H18N4O3/c17-8-15(21)18-9-10-1-5-12(6-2-10)19-16(22)13-7-14(23-20-13)11-3-4-11/h1-2,5-7,11H,3-4,8-9,17H2,(H,18,21)(H,19,22). The molecule has 0 unspecified atom stereocenters. The van der Waals surface area contributed by atoms with Crippen molar-refractivity contribution in [3.05, 3.63) is 47.3 Å². The maximum atomic E-state index is 12.1. The van der Waals surface area contributed by atoms with Crippen LogP contribution in [0, 0.1) is 0 Å². The van der Waals surface area contributed by atoms with Gasteiger partial charge in [-0.1, -0.05) is 17.3 Å². The van der Waals surface area contributed by atoms with E-state index in [-0.39, 0.29) is 24.1 Å². The molecule has 120 valence electrons. The van der Waals surface area contributed by atoms with Crippen molar-refractivity contribution in [2.45, 2.75) is 25.3 Å². The maximum absolute atomic E-state index is 12.1. The van der Waals surface area contributed by atoms with Crippen LogP contribution < -0.4 is 16.4 Å². The van der Waals surface area contributed by atoms with Crippen molar-refractivity contribution in [1.29, 1.82) is 0 Å². The van der Waals surface area contributed by atoms with E-state index in [1.165, 1.54) is 0 Å². The van der Waals surface area contributed by atoms with E-state index in [1.54, 1.807) is 18.2 Å². The summed E-state index contributed by atoms with van der Waals surface area (Å²) < 4.78 is 5.17. The number of hydrogen-bond acceptors (Lipinski definition) is 5. The number of aromatic nitrogens is 1. The summed E-state index contributed by atoms with van der Waals surface area (Å²) in [6.07, 6.45) is 2.19. The highest BCUT2D eigenvalue weighted by Crippen LogP contribution is 2.40. The lowest BCUT2D eigenvalue weighted by molar-refractivity contribution is -0.119. The van der Waals surface area contributed by atoms with E-state index in [0.29, 0.717) is 18.2 Å². The Hall–Kier alpha value is -2.67. The Labute approximate surface area is 133 Å². The Morgan fingerprint density at radius 1 is 1.26 bits per heavy atom. The molecule has 1 saturated carbocycles. The molecule has 0 aliphatic heterocycles. The number of nitrogens with one attached hydrogen (secondary N) is 2. The molecule has 4 N–H and O–H groups in total. The number of rotatable bonds is 6. The van der Waals surface area contributed by atoms with Crippen LogP contribution in [-0.2, 0) is 11.3 Å². The molecule has 7 nitrogen and oxygen atoms in total. The number of amides is 2. The Morgan fingerprint density at radius 2 is 2.00 bits per heavy atom. The molecule has 0 bridgehead atoms. The van der Waals surface area contributed by atoms with E-state index >= 15 is 0 Å². The number of anilines is 1. The third-order valence-electron chi connectivity index (χ3n) is 3.63. The third kappa shape index (κ3) is 3.95. The Balaban J connectivity index is 1.56. The molecule has 1 aliphatic rings. The molecule has 2 aromatic rings. The van der Waals surface area contributed by atoms with Crippen LogP contribution in [0.1, 0.15) is 40.6 Å². The minimum absolute atomic E-state index is 0.0330. The van der Waals surface area contributed by atoms with Gasteiger partial charge >= 0.3 is 0 Å². The van der Waals surface area contributed by atoms with Gasteiger partial charge in [0.05, 0.1) is 6.54 Å². The Morgan fingerprint density at radius 3 is 2.65 bits per heavy atom. The second-order valence-corrected chi connectivity index (χ2v) is 5.52. The van der Waals surface area contributed by atoms with Crippen molar-refractivity contribution < 1.29 is 14.1 Å². The third-order valence-corrected chi connectivity index (χ3v) is 3.63. The lowest BCUT2D eigenvalue weighted by atomic mass is 10.2. The van der Waals surface area contributed by atoms with Crippen molar-refractivity contribution in [2.75, 3.05) is 11.9 Å². The first kappa shape index (κ1) is 15.2. The summed E-state index contributed by atoms with van der Waals surface area (Å²) in [5, 5.41) is 9.25. The van der Waals surface area contributed by atoms with Crippen LogP contribution in [0.5, 0.6) is 0 Å². The van der Waals surface area contributed by atoms with Crippen LogP contribution in [0.15, 0.2) is 34.9 Å². The molecule has 0 saturated heterocycles. The fraction of sp³-hybridized carbons (Fsp3) is 0.312. The summed E-state index contributed by atoms with van der Waals surface area (Å²) in [5.74, 6) is 0.693. The van der Waals surface area contributed by atoms with Crippen LogP contribution in [0.25, 0.3) is 0 Å². The van der Waals surface area contributed by atoms with Gasteiger partial charge in [-0.15, -0.1) is 0 Å². The number of benzene rings is 1. The number of carbonyl (C=O) groups is 2. The molecule has 1 aromatic heterocycles. The maximum Gasteiger partial charge on any atom is 0.277 e. The van der Waals surface area contributed by atoms with Crippen LogP contribution in [0.4, 0.5) is 5.69 Å². The van der Waals surface area contributed by atoms with Gasteiger partial charge in [-0.25, -0.2) is 0 Å². The Bertz CT molecular complexity index is 704. The molecule has 7 heteroatoms. The zero-order valence-electron chi connectivity index (χ0n) is 12.5. The van der Waals surface area contributed by atoms with Gasteiger partial charge in [0, 0.05) is 24.2 Å². The van der Waals surface area contributed by atoms with Gasteiger partial charge in [0.15, 0.2) is 5.69 Å². The first-order valence-electron chi connectivity index (χ1n) is 7.49. The minimum atomic E-state index is -0.301. The van der Waals surface area contributed by atoms with Gasteiger partial charge < -0.3 is 20.9 Å². The highest BCUT2D eigenvalue weighted by atomic mass is 16.5. The molecule has 0 spiro atoms. The van der Waals surface area contributed by atoms with Crippen LogP contribution in [-0.4, -0.2) is 23.5 Å². The summed E-state index contributed by atoms with van der Waals surface area (Å²) >= 11 is 0. The van der Waals surface area contributed by atoms with E-state index in [1.807, 2.05) is 12.1 Å². The normalized spacial score (nSPS) is 13.6. The first-order valence-corrected chi connectivity index (χ1v) is 7.49. The average molecular weight is 314 g/mol. The summed E-state index contributed by atoms with van der Waals surface area (Å²) in [5.41, 5.74) is 7.08. The molecule has 0 radical (unpaired) electrons. The van der Waals surface area contributed by atoms with Crippen molar-refractivity contribution in [3.8, 4) is 0 Å². The van der Waals surface area contributed by atoms with E-state index < -0.39 is 0 Å². The van der Waals surface area contributed by atoms with Gasteiger partial charge in [0.2, 0.25) is 5.91 Å². The molecule has 1 aromatic carbocycles. The minimum Gasteiger partial charge on any atom is -0.360 e. The Kier molecular flexibility index (Phi) is 4.38. The quantitative estimate of drug-likeness (QED) is 0.746. The lowest BCUT2D eigenvalue weighted by Gasteiger charge is -2.06. The number of nitrogens with two attached hydrogens (primary N) is 1. The highest BCUT2D eigenvalue weighted by molar-refractivity contribution is 6.02. The predicted molar refractivity (Wildman–Crippen MR) is 83.8 cm³/mol. The van der Waals surface area contributed by atoms with Gasteiger partial charge in [0.25, 0.3) is 5.91 Å². The molecule has 23 heavy (non-hydrogen) atoms. The smallest absolute Gasteiger partial charge is 0.277 e. The average Bonchev–Trinajstić information content (AvgIpc) is 3.30. The van der Waals surface area contributed by atoms with E-state index in [0.717, 1.165) is 24.2 Å². The fourth-order valence-corrected chi connectivity index (χ4v) is 2.13. The zero-order valence-corrected chi connectivity index (χ0v) is 12.5. The van der Waals surface area contributed by atoms with Gasteiger partial charge in [-0.2, -0.15) is 0 Å². The second-order valence-electron chi connectivity index (χ2n) is 5.52. The monoisotopic (exact) mass is 314 g/mol. The topological polar surface area (TPSA) is 110 Å². The van der Waals surface area contributed by atoms with E-state index in [4.69, 9.17) is 10.3 Å². The molecular weight excluding hydrogens is 296 g/mol. The zero-order chi connectivity index (χ0) is 16.2. The molecular formula is C16H18N4O3. The van der Waals surface area contributed by atoms with E-state index in [9.17, 15) is 9.59 Å². The van der Waals surface area contributed by atoms with Crippen molar-refractivity contribution in [2.24, 2.45) is 5.73 Å². The number of carbonyl (C=O) groups excluding carboxylic acids is 2. The summed E-state index contributed by atoms with van der Waals surface area (Å²) in [7, 11) is 0. The molecule has 1 fully saturated rings. The molecule has 0 atom stereocenters. The van der Waals surface area contributed by atoms with Gasteiger partial charge in [-0.05, 0) is 30.5 Å². The second kappa shape index (κ2) is 6.62. The summed E-state index contributed by atoms with van der Waals surface area (Å²) in [4.78, 5) is 23.2. The van der Waals surface area contributed by atoms with Crippen LogP contribution >= 0.6 is 0 Å². The summed E-state index contributed by atoms with van der Waals surface area (Å²) in [6, 6.07) is 8.88. The molecule has 1 aliphatic carbocycles. The van der Waals surface area contributed by atoms with Crippen molar-refractivity contribution in [3.63, 3.8) is 0 Å². The van der Waals surface area contributed by atoms with Crippen molar-refractivity contribution >= 4 is 17.5 Å². The van der Waals surface area contributed by atoms with Crippen LogP contribution in [0.2, 0.25) is 0 Å². The molecule has 2 amide bonds. The highest BCUT2D eigenvalue weighted by Gasteiger charge is 2.28. The van der Waals surface area contributed by atoms with Crippen molar-refractivity contribution in [1.82, 2.24) is 10.5 Å². The lowest BCUT2D eigenvalue weighted by Crippen LogP contribution is -2.29. The summed E-state index contributed by atoms with van der Waals surface area (Å²) in [6.45, 7) is 0.368. The van der Waals surface area contributed by atoms with Gasteiger partial charge in [-0.3, -0.25) is 9.59 Å². The molecule has 1 heterocycles. The van der Waals surface area contributed by atoms with Gasteiger partial charge in [0.1, 0.15) is 5.76 Å². The molecule has 3 rings (SSSR count). The van der Waals surface area contributed by atoms with Crippen LogP contribution in [0.3, 0.4) is 0 Å². The largest absolute Gasteiger partial charge is 0.360 e. The predicted octanol–water partition coefficient (Wildman–Crippen LogP) is 1.38. The van der Waals surface area contributed by atoms with E-state index in [2.05, 4.69) is 15.8 Å². The fourth-order valence-electron chi connectivity index (χ4n) is 2.13. The number of nitrogens with zero attached hydrogens (tertiary/aromatic N) is 1. The SMILES string of the molecule is NCC(=O)NCc1ccc(NC(=O)c2cc(C3CC3)on2)cc1. The first-order chi connectivity index (χ1) is 11.2.